The van der Waals surface area contributed by atoms with Crippen LogP contribution < -0.4 is 16.0 Å². The average Bonchev–Trinajstić information content (AvgIpc) is 2.63. The zero-order valence-electron chi connectivity index (χ0n) is 17.6. The molecule has 1 aromatic rings. The molecule has 164 valence electrons. The van der Waals surface area contributed by atoms with E-state index in [9.17, 15) is 19.5 Å². The molecule has 0 aliphatic carbocycles. The van der Waals surface area contributed by atoms with E-state index in [4.69, 9.17) is 10.1 Å². The van der Waals surface area contributed by atoms with Crippen molar-refractivity contribution in [1.29, 1.82) is 5.41 Å². The molecule has 1 saturated heterocycles. The normalized spacial score (nSPS) is 18.5. The van der Waals surface area contributed by atoms with Crippen molar-refractivity contribution >= 4 is 23.4 Å². The lowest BCUT2D eigenvalue weighted by atomic mass is 10.00. The molecule has 4 unspecified atom stereocenters. The number of amides is 3. The van der Waals surface area contributed by atoms with Crippen molar-refractivity contribution < 1.29 is 24.2 Å². The summed E-state index contributed by atoms with van der Waals surface area (Å²) in [5, 5.41) is 25.9. The highest BCUT2D eigenvalue weighted by molar-refractivity contribution is 5.99. The number of nitrogens with one attached hydrogen (secondary N) is 4. The van der Waals surface area contributed by atoms with Crippen LogP contribution in [0, 0.1) is 11.3 Å². The quantitative estimate of drug-likeness (QED) is 0.364. The van der Waals surface area contributed by atoms with Gasteiger partial charge in [-0.15, -0.1) is 0 Å². The van der Waals surface area contributed by atoms with Crippen molar-refractivity contribution in [1.82, 2.24) is 20.9 Å². The summed E-state index contributed by atoms with van der Waals surface area (Å²) >= 11 is 0. The van der Waals surface area contributed by atoms with E-state index in [1.807, 2.05) is 0 Å². The summed E-state index contributed by atoms with van der Waals surface area (Å²) in [4.78, 5) is 41.3. The maximum atomic E-state index is 12.8. The van der Waals surface area contributed by atoms with Crippen LogP contribution in [0.3, 0.4) is 0 Å². The highest BCUT2D eigenvalue weighted by Gasteiger charge is 2.37. The number of hydrogen-bond acceptors (Lipinski definition) is 7. The molecule has 2 heterocycles. The van der Waals surface area contributed by atoms with Crippen molar-refractivity contribution in [3.8, 4) is 5.75 Å². The third-order valence-corrected chi connectivity index (χ3v) is 4.84. The molecular formula is C20H29N5O5. The Morgan fingerprint density at radius 2 is 1.87 bits per heavy atom. The highest BCUT2D eigenvalue weighted by atomic mass is 16.5. The second-order valence-corrected chi connectivity index (χ2v) is 7.64. The molecule has 1 aromatic heterocycles. The summed E-state index contributed by atoms with van der Waals surface area (Å²) in [5.74, 6) is -1.97. The molecule has 30 heavy (non-hydrogen) atoms. The first kappa shape index (κ1) is 23.3. The lowest BCUT2D eigenvalue weighted by Gasteiger charge is -2.35. The molecule has 2 rings (SSSR count). The molecule has 1 aliphatic rings. The predicted molar refractivity (Wildman–Crippen MR) is 109 cm³/mol. The van der Waals surface area contributed by atoms with Gasteiger partial charge in [0.15, 0.2) is 5.69 Å². The van der Waals surface area contributed by atoms with Gasteiger partial charge in [-0.3, -0.25) is 14.4 Å². The van der Waals surface area contributed by atoms with Crippen molar-refractivity contribution in [2.75, 3.05) is 6.61 Å². The van der Waals surface area contributed by atoms with Crippen molar-refractivity contribution in [2.45, 2.75) is 58.3 Å². The minimum atomic E-state index is -0.863. The molecule has 10 heteroatoms. The van der Waals surface area contributed by atoms with Crippen LogP contribution >= 0.6 is 0 Å². The topological polar surface area (TPSA) is 154 Å². The number of hydrogen-bond donors (Lipinski definition) is 5. The number of ether oxygens (including phenoxy) is 1. The summed E-state index contributed by atoms with van der Waals surface area (Å²) in [6.45, 7) is 7.12. The van der Waals surface area contributed by atoms with Gasteiger partial charge in [-0.1, -0.05) is 13.8 Å². The van der Waals surface area contributed by atoms with Gasteiger partial charge in [-0.2, -0.15) is 0 Å². The summed E-state index contributed by atoms with van der Waals surface area (Å²) in [5.41, 5.74) is -0.0681. The maximum Gasteiger partial charge on any atom is 0.274 e. The van der Waals surface area contributed by atoms with Gasteiger partial charge in [0.2, 0.25) is 11.8 Å². The lowest BCUT2D eigenvalue weighted by Crippen LogP contribution is -2.61. The lowest BCUT2D eigenvalue weighted by molar-refractivity contribution is -0.141. The van der Waals surface area contributed by atoms with Crippen LogP contribution in [0.2, 0.25) is 0 Å². The first-order chi connectivity index (χ1) is 14.1. The average molecular weight is 419 g/mol. The van der Waals surface area contributed by atoms with Crippen LogP contribution in [0.5, 0.6) is 5.75 Å². The largest absolute Gasteiger partial charge is 0.505 e. The van der Waals surface area contributed by atoms with Gasteiger partial charge < -0.3 is 31.2 Å². The van der Waals surface area contributed by atoms with Gasteiger partial charge in [0, 0.05) is 24.4 Å². The minimum Gasteiger partial charge on any atom is -0.505 e. The molecule has 3 amide bonds. The van der Waals surface area contributed by atoms with Crippen LogP contribution in [0.25, 0.3) is 0 Å². The monoisotopic (exact) mass is 419 g/mol. The second-order valence-electron chi connectivity index (χ2n) is 7.64. The van der Waals surface area contributed by atoms with Gasteiger partial charge in [0.25, 0.3) is 5.91 Å². The number of carbonyl (C=O) groups excluding carboxylic acids is 3. The Morgan fingerprint density at radius 1 is 1.20 bits per heavy atom. The van der Waals surface area contributed by atoms with Gasteiger partial charge in [0.1, 0.15) is 11.8 Å². The molecule has 1 fully saturated rings. The summed E-state index contributed by atoms with van der Waals surface area (Å²) in [7, 11) is 0. The Balaban J connectivity index is 2.08. The Hall–Kier alpha value is -3.01. The fraction of sp³-hybridized carbons (Fsp3) is 0.550. The Bertz CT molecular complexity index is 809. The van der Waals surface area contributed by atoms with Crippen LogP contribution in [0.15, 0.2) is 18.3 Å². The number of aromatic hydroxyl groups is 1. The molecule has 1 aliphatic heterocycles. The fourth-order valence-electron chi connectivity index (χ4n) is 2.95. The van der Waals surface area contributed by atoms with E-state index < -0.39 is 36.0 Å². The Labute approximate surface area is 175 Å². The van der Waals surface area contributed by atoms with E-state index in [0.29, 0.717) is 13.0 Å². The molecule has 4 atom stereocenters. The molecular weight excluding hydrogens is 390 g/mol. The van der Waals surface area contributed by atoms with Gasteiger partial charge in [-0.25, -0.2) is 4.98 Å². The van der Waals surface area contributed by atoms with Crippen LogP contribution in [-0.2, 0) is 14.3 Å². The number of nitrogens with zero attached hydrogens (tertiary/aromatic N) is 1. The minimum absolute atomic E-state index is 0.106. The Kier molecular flexibility index (Phi) is 7.87. The smallest absolute Gasteiger partial charge is 0.274 e. The van der Waals surface area contributed by atoms with E-state index in [-0.39, 0.29) is 29.0 Å². The first-order valence-electron chi connectivity index (χ1n) is 9.84. The van der Waals surface area contributed by atoms with Gasteiger partial charge in [0.05, 0.1) is 18.2 Å². The second kappa shape index (κ2) is 10.1. The van der Waals surface area contributed by atoms with Crippen LogP contribution in [0.1, 0.15) is 44.6 Å². The highest BCUT2D eigenvalue weighted by Crippen LogP contribution is 2.17. The molecule has 5 N–H and O–H groups in total. The van der Waals surface area contributed by atoms with E-state index >= 15 is 0 Å². The maximum absolute atomic E-state index is 12.8. The molecule has 0 bridgehead atoms. The van der Waals surface area contributed by atoms with E-state index in [2.05, 4.69) is 20.9 Å². The van der Waals surface area contributed by atoms with E-state index in [0.717, 1.165) is 0 Å². The zero-order chi connectivity index (χ0) is 22.4. The van der Waals surface area contributed by atoms with E-state index in [1.54, 1.807) is 20.8 Å². The summed E-state index contributed by atoms with van der Waals surface area (Å²) < 4.78 is 5.40. The van der Waals surface area contributed by atoms with Crippen molar-refractivity contribution in [3.05, 3.63) is 24.0 Å². The SMILES string of the molecule is CC(=N)C(NC(=O)c1ncccc1O)C(C)NC(=O)C(NC(=O)C(C)C)C1CCO1. The zero-order valence-corrected chi connectivity index (χ0v) is 17.6. The fourth-order valence-corrected chi connectivity index (χ4v) is 2.95. The third-order valence-electron chi connectivity index (χ3n) is 4.84. The van der Waals surface area contributed by atoms with Gasteiger partial charge >= 0.3 is 0 Å². The standard InChI is InChI=1S/C20H29N5O5/c1-10(2)18(27)25-17(14-7-9-30-14)20(29)23-12(4)15(11(3)21)24-19(28)16-13(26)6-5-8-22-16/h5-6,8,10,12,14-15,17,21,26H,7,9H2,1-4H3,(H,23,29)(H,24,28)(H,25,27). The van der Waals surface area contributed by atoms with Crippen LogP contribution in [0.4, 0.5) is 0 Å². The molecule has 0 radical (unpaired) electrons. The molecule has 0 spiro atoms. The Morgan fingerprint density at radius 3 is 2.37 bits per heavy atom. The molecule has 0 aromatic carbocycles. The summed E-state index contributed by atoms with van der Waals surface area (Å²) in [6.07, 6.45) is 1.60. The van der Waals surface area contributed by atoms with Crippen LogP contribution in [-0.4, -0.2) is 64.4 Å². The number of rotatable bonds is 9. The third kappa shape index (κ3) is 5.76. The molecule has 0 saturated carbocycles. The predicted octanol–water partition coefficient (Wildman–Crippen LogP) is 0.360. The summed E-state index contributed by atoms with van der Waals surface area (Å²) in [6, 6.07) is 0.455. The number of carbonyl (C=O) groups is 3. The first-order valence-corrected chi connectivity index (χ1v) is 9.84. The van der Waals surface area contributed by atoms with Crippen molar-refractivity contribution in [3.63, 3.8) is 0 Å². The number of pyridine rings is 1. The van der Waals surface area contributed by atoms with Gasteiger partial charge in [-0.05, 0) is 32.4 Å². The molecule has 10 nitrogen and oxygen atoms in total. The van der Waals surface area contributed by atoms with Crippen molar-refractivity contribution in [2.24, 2.45) is 5.92 Å². The van der Waals surface area contributed by atoms with E-state index in [1.165, 1.54) is 25.3 Å². The number of aromatic nitrogens is 1.